The maximum Gasteiger partial charge on any atom is 0.240 e. The highest BCUT2D eigenvalue weighted by atomic mass is 16.5. The van der Waals surface area contributed by atoms with Crippen LogP contribution >= 0.6 is 0 Å². The summed E-state index contributed by atoms with van der Waals surface area (Å²) in [7, 11) is 1.68. The van der Waals surface area contributed by atoms with Crippen LogP contribution in [0, 0.1) is 0 Å². The Labute approximate surface area is 232 Å². The van der Waals surface area contributed by atoms with Gasteiger partial charge in [-0.25, -0.2) is 0 Å². The zero-order chi connectivity index (χ0) is 27.2. The van der Waals surface area contributed by atoms with Crippen molar-refractivity contribution < 1.29 is 19.0 Å². The van der Waals surface area contributed by atoms with Crippen molar-refractivity contribution in [3.63, 3.8) is 0 Å². The maximum atomic E-state index is 13.9. The van der Waals surface area contributed by atoms with Crippen molar-refractivity contribution in [1.29, 1.82) is 0 Å². The Balaban J connectivity index is 1.40. The molecule has 39 heavy (non-hydrogen) atoms. The number of fused-ring (bicyclic) bond motifs is 1. The molecule has 7 nitrogen and oxygen atoms in total. The number of rotatable bonds is 11. The summed E-state index contributed by atoms with van der Waals surface area (Å²) in [5.41, 5.74) is 3.54. The van der Waals surface area contributed by atoms with Crippen molar-refractivity contribution in [2.75, 3.05) is 40.0 Å². The second kappa shape index (κ2) is 12.6. The molecule has 3 aliphatic rings. The topological polar surface area (TPSA) is 54.5 Å². The minimum absolute atomic E-state index is 0.0675. The van der Waals surface area contributed by atoms with Gasteiger partial charge in [-0.3, -0.25) is 9.69 Å². The van der Waals surface area contributed by atoms with Crippen molar-refractivity contribution >= 4 is 5.91 Å². The molecule has 2 atom stereocenters. The molecule has 0 bridgehead atoms. The van der Waals surface area contributed by atoms with Crippen LogP contribution in [-0.2, 0) is 29.0 Å². The number of hydrogen-bond acceptors (Lipinski definition) is 6. The summed E-state index contributed by atoms with van der Waals surface area (Å²) < 4.78 is 17.3. The summed E-state index contributed by atoms with van der Waals surface area (Å²) >= 11 is 0. The molecule has 3 heterocycles. The monoisotopic (exact) mass is 531 g/mol. The molecular weight excluding hydrogens is 490 g/mol. The lowest BCUT2D eigenvalue weighted by Crippen LogP contribution is -2.47. The minimum atomic E-state index is -0.192. The van der Waals surface area contributed by atoms with Gasteiger partial charge in [0, 0.05) is 45.2 Å². The summed E-state index contributed by atoms with van der Waals surface area (Å²) in [5.74, 6) is 2.64. The molecule has 0 aliphatic carbocycles. The third kappa shape index (κ3) is 6.41. The highest BCUT2D eigenvalue weighted by Crippen LogP contribution is 2.32. The van der Waals surface area contributed by atoms with Gasteiger partial charge in [-0.15, -0.1) is 0 Å². The van der Waals surface area contributed by atoms with E-state index in [9.17, 15) is 4.79 Å². The van der Waals surface area contributed by atoms with Crippen molar-refractivity contribution in [3.05, 3.63) is 84.3 Å². The van der Waals surface area contributed by atoms with E-state index >= 15 is 0 Å². The first-order valence-corrected chi connectivity index (χ1v) is 14.2. The molecule has 0 aromatic heterocycles. The lowest BCUT2D eigenvalue weighted by molar-refractivity contribution is -0.137. The summed E-state index contributed by atoms with van der Waals surface area (Å²) in [6.45, 7) is 13.0. The van der Waals surface area contributed by atoms with Crippen LogP contribution in [0.3, 0.4) is 0 Å². The number of ether oxygens (including phenoxy) is 3. The van der Waals surface area contributed by atoms with Crippen LogP contribution in [0.4, 0.5) is 0 Å². The Morgan fingerprint density at radius 2 is 2.00 bits per heavy atom. The predicted octanol–water partition coefficient (Wildman–Crippen LogP) is 4.76. The van der Waals surface area contributed by atoms with Gasteiger partial charge in [0.15, 0.2) is 5.88 Å². The third-order valence-electron chi connectivity index (χ3n) is 8.10. The number of amides is 1. The predicted molar refractivity (Wildman–Crippen MR) is 153 cm³/mol. The molecule has 3 aliphatic heterocycles. The number of piperidine rings is 1. The van der Waals surface area contributed by atoms with E-state index in [0.29, 0.717) is 25.6 Å². The van der Waals surface area contributed by atoms with Gasteiger partial charge in [0.2, 0.25) is 5.91 Å². The molecule has 1 amide bonds. The van der Waals surface area contributed by atoms with Gasteiger partial charge in [0.25, 0.3) is 0 Å². The van der Waals surface area contributed by atoms with Crippen molar-refractivity contribution in [3.8, 4) is 11.5 Å². The Morgan fingerprint density at radius 3 is 2.79 bits per heavy atom. The smallest absolute Gasteiger partial charge is 0.240 e. The van der Waals surface area contributed by atoms with Crippen LogP contribution in [0.25, 0.3) is 0 Å². The molecule has 2 saturated heterocycles. The third-order valence-corrected chi connectivity index (χ3v) is 8.10. The second-order valence-corrected chi connectivity index (χ2v) is 10.7. The normalized spacial score (nSPS) is 20.7. The van der Waals surface area contributed by atoms with Gasteiger partial charge in [-0.1, -0.05) is 36.9 Å². The number of methoxy groups -OCH3 is 1. The first-order chi connectivity index (χ1) is 19.1. The number of carbonyl (C=O) groups excluding carboxylic acids is 1. The quantitative estimate of drug-likeness (QED) is 0.308. The highest BCUT2D eigenvalue weighted by Gasteiger charge is 2.42. The molecule has 2 fully saturated rings. The molecule has 2 aromatic carbocycles. The molecule has 0 saturated carbocycles. The van der Waals surface area contributed by atoms with Gasteiger partial charge in [0.05, 0.1) is 19.8 Å². The van der Waals surface area contributed by atoms with Gasteiger partial charge >= 0.3 is 0 Å². The maximum absolute atomic E-state index is 13.9. The standard InChI is InChI=1S/C32H41N3O4/c1-4-16-38-24(2)35(22-25-9-8-10-29(18-25)37-3)28-20-30(32(36)33-14-6-5-7-15-33)34(23-28)21-26-11-12-27-13-17-39-31(27)19-26/h4,8-12,18-19,28,30H,1-2,5-7,13-17,20-23H2,3H3/t28-,30-/m0/s1. The summed E-state index contributed by atoms with van der Waals surface area (Å²) in [4.78, 5) is 20.5. The lowest BCUT2D eigenvalue weighted by atomic mass is 10.1. The second-order valence-electron chi connectivity index (χ2n) is 10.7. The van der Waals surface area contributed by atoms with Crippen LogP contribution in [0.5, 0.6) is 11.5 Å². The van der Waals surface area contributed by atoms with E-state index in [-0.39, 0.29) is 18.0 Å². The van der Waals surface area contributed by atoms with E-state index in [1.807, 2.05) is 18.2 Å². The Kier molecular flexibility index (Phi) is 8.77. The fraction of sp³-hybridized carbons (Fsp3) is 0.469. The Hall–Kier alpha value is -3.45. The molecule has 7 heteroatoms. The average Bonchev–Trinajstić information content (AvgIpc) is 3.61. The van der Waals surface area contributed by atoms with Crippen molar-refractivity contribution in [2.24, 2.45) is 0 Å². The lowest BCUT2D eigenvalue weighted by Gasteiger charge is -2.32. The van der Waals surface area contributed by atoms with Crippen LogP contribution in [-0.4, -0.2) is 72.6 Å². The van der Waals surface area contributed by atoms with Crippen molar-refractivity contribution in [2.45, 2.75) is 57.3 Å². The molecule has 5 rings (SSSR count). The van der Waals surface area contributed by atoms with E-state index in [1.165, 1.54) is 17.5 Å². The molecule has 2 aromatic rings. The van der Waals surface area contributed by atoms with Crippen molar-refractivity contribution in [1.82, 2.24) is 14.7 Å². The van der Waals surface area contributed by atoms with Gasteiger partial charge in [-0.05, 0) is 67.2 Å². The van der Waals surface area contributed by atoms with E-state index in [4.69, 9.17) is 14.2 Å². The first-order valence-electron chi connectivity index (χ1n) is 14.2. The SMILES string of the molecule is C=CCOC(=C)N(Cc1cccc(OC)c1)[C@H]1C[C@@H](C(=O)N2CCCCC2)N(Cc2ccc3c(c2)OCC3)C1. The Morgan fingerprint density at radius 1 is 1.15 bits per heavy atom. The van der Waals surface area contributed by atoms with Gasteiger partial charge < -0.3 is 24.0 Å². The van der Waals surface area contributed by atoms with E-state index in [1.54, 1.807) is 13.2 Å². The summed E-state index contributed by atoms with van der Waals surface area (Å²) in [5, 5.41) is 0. The molecule has 0 unspecified atom stereocenters. The fourth-order valence-corrected chi connectivity index (χ4v) is 6.03. The minimum Gasteiger partial charge on any atom is -0.497 e. The van der Waals surface area contributed by atoms with Crippen LogP contribution in [0.2, 0.25) is 0 Å². The zero-order valence-electron chi connectivity index (χ0n) is 23.1. The number of hydrogen-bond donors (Lipinski definition) is 0. The van der Waals surface area contributed by atoms with Crippen LogP contribution in [0.15, 0.2) is 67.6 Å². The number of carbonyl (C=O) groups is 1. The van der Waals surface area contributed by atoms with Gasteiger partial charge in [0.1, 0.15) is 18.1 Å². The fourth-order valence-electron chi connectivity index (χ4n) is 6.03. The first kappa shape index (κ1) is 27.1. The summed E-state index contributed by atoms with van der Waals surface area (Å²) in [6.07, 6.45) is 6.77. The number of nitrogens with zero attached hydrogens (tertiary/aromatic N) is 3. The largest absolute Gasteiger partial charge is 0.497 e. The van der Waals surface area contributed by atoms with E-state index in [2.05, 4.69) is 52.1 Å². The highest BCUT2D eigenvalue weighted by molar-refractivity contribution is 5.82. The summed E-state index contributed by atoms with van der Waals surface area (Å²) in [6, 6.07) is 14.5. The van der Waals surface area contributed by atoms with E-state index < -0.39 is 0 Å². The molecule has 0 N–H and O–H groups in total. The average molecular weight is 532 g/mol. The number of benzene rings is 2. The molecular formula is C32H41N3O4. The zero-order valence-corrected chi connectivity index (χ0v) is 23.1. The molecule has 0 radical (unpaired) electrons. The van der Waals surface area contributed by atoms with Crippen LogP contribution < -0.4 is 9.47 Å². The molecule has 208 valence electrons. The Bertz CT molecular complexity index is 1180. The van der Waals surface area contributed by atoms with Gasteiger partial charge in [-0.2, -0.15) is 0 Å². The molecule has 0 spiro atoms. The van der Waals surface area contributed by atoms with Crippen LogP contribution in [0.1, 0.15) is 42.4 Å². The number of likely N-dealkylation sites (tertiary alicyclic amines) is 2. The van der Waals surface area contributed by atoms with E-state index in [0.717, 1.165) is 69.0 Å².